The van der Waals surface area contributed by atoms with Gasteiger partial charge >= 0.3 is 0 Å². The molecule has 0 aromatic heterocycles. The summed E-state index contributed by atoms with van der Waals surface area (Å²) in [5.74, 6) is 0. The number of ether oxygens (including phenoxy) is 1. The minimum atomic E-state index is -0.578. The summed E-state index contributed by atoms with van der Waals surface area (Å²) < 4.78 is 5.30. The van der Waals surface area contributed by atoms with Gasteiger partial charge in [0.2, 0.25) is 0 Å². The lowest BCUT2D eigenvalue weighted by atomic mass is 9.93. The van der Waals surface area contributed by atoms with Crippen molar-refractivity contribution in [3.63, 3.8) is 0 Å². The molecule has 0 radical (unpaired) electrons. The minimum absolute atomic E-state index is 0.00560. The molecule has 0 aliphatic rings. The Bertz CT molecular complexity index is 277. The van der Waals surface area contributed by atoms with Crippen LogP contribution >= 0.6 is 0 Å². The summed E-state index contributed by atoms with van der Waals surface area (Å²) in [6, 6.07) is 7.93. The Kier molecular flexibility index (Phi) is 3.07. The second-order valence-corrected chi connectivity index (χ2v) is 3.41. The fourth-order valence-corrected chi connectivity index (χ4v) is 1.43. The molecule has 0 bridgehead atoms. The van der Waals surface area contributed by atoms with Gasteiger partial charge in [-0.1, -0.05) is 24.3 Å². The lowest BCUT2D eigenvalue weighted by Crippen LogP contribution is -2.29. The predicted octanol–water partition coefficient (Wildman–Crippen LogP) is 1.85. The van der Waals surface area contributed by atoms with Crippen LogP contribution in [0.5, 0.6) is 0 Å². The molecule has 72 valence electrons. The molecule has 1 N–H and O–H groups in total. The first-order valence-corrected chi connectivity index (χ1v) is 4.36. The van der Waals surface area contributed by atoms with Gasteiger partial charge in [-0.05, 0) is 25.0 Å². The Morgan fingerprint density at radius 1 is 1.38 bits per heavy atom. The van der Waals surface area contributed by atoms with E-state index in [0.29, 0.717) is 0 Å². The van der Waals surface area contributed by atoms with Gasteiger partial charge in [-0.15, -0.1) is 0 Å². The maximum Gasteiger partial charge on any atom is 0.113 e. The molecule has 1 unspecified atom stereocenters. The van der Waals surface area contributed by atoms with Gasteiger partial charge in [0.1, 0.15) is 5.60 Å². The maximum absolute atomic E-state index is 9.24. The first-order chi connectivity index (χ1) is 6.14. The summed E-state index contributed by atoms with van der Waals surface area (Å²) >= 11 is 0. The number of aliphatic hydroxyl groups is 1. The van der Waals surface area contributed by atoms with Crippen LogP contribution < -0.4 is 0 Å². The average Bonchev–Trinajstić information content (AvgIpc) is 2.17. The van der Waals surface area contributed by atoms with Crippen molar-refractivity contribution >= 4 is 0 Å². The van der Waals surface area contributed by atoms with Crippen LogP contribution in [0.15, 0.2) is 24.3 Å². The third-order valence-electron chi connectivity index (χ3n) is 2.47. The molecule has 0 fully saturated rings. The predicted molar refractivity (Wildman–Crippen MR) is 52.6 cm³/mol. The number of benzene rings is 1. The largest absolute Gasteiger partial charge is 0.393 e. The van der Waals surface area contributed by atoms with Crippen LogP contribution in [0.1, 0.15) is 18.1 Å². The van der Waals surface area contributed by atoms with Gasteiger partial charge in [0.15, 0.2) is 0 Å². The normalized spacial score (nSPS) is 15.4. The van der Waals surface area contributed by atoms with E-state index < -0.39 is 5.60 Å². The molecule has 0 spiro atoms. The number of hydrogen-bond acceptors (Lipinski definition) is 2. The van der Waals surface area contributed by atoms with Gasteiger partial charge in [0.05, 0.1) is 6.61 Å². The molecule has 1 atom stereocenters. The molecule has 1 aromatic carbocycles. The fourth-order valence-electron chi connectivity index (χ4n) is 1.43. The molecule has 1 rings (SSSR count). The van der Waals surface area contributed by atoms with Crippen molar-refractivity contribution in [2.75, 3.05) is 13.7 Å². The monoisotopic (exact) mass is 180 g/mol. The number of hydrogen-bond donors (Lipinski definition) is 1. The standard InChI is InChI=1S/C11H16O2/c1-9-6-4-5-7-10(9)11(2,8-12)13-3/h4-7,12H,8H2,1-3H3. The number of methoxy groups -OCH3 is 1. The molecular formula is C11H16O2. The fraction of sp³-hybridized carbons (Fsp3) is 0.455. The van der Waals surface area contributed by atoms with Crippen LogP contribution in [-0.2, 0) is 10.3 Å². The number of rotatable bonds is 3. The van der Waals surface area contributed by atoms with Gasteiger partial charge in [-0.3, -0.25) is 0 Å². The summed E-state index contributed by atoms with van der Waals surface area (Å²) in [5, 5.41) is 9.24. The van der Waals surface area contributed by atoms with E-state index in [1.54, 1.807) is 7.11 Å². The zero-order chi connectivity index (χ0) is 9.90. The second-order valence-electron chi connectivity index (χ2n) is 3.41. The highest BCUT2D eigenvalue weighted by molar-refractivity contribution is 5.30. The van der Waals surface area contributed by atoms with Crippen molar-refractivity contribution < 1.29 is 9.84 Å². The Labute approximate surface area is 79.2 Å². The second kappa shape index (κ2) is 3.90. The Balaban J connectivity index is 3.12. The van der Waals surface area contributed by atoms with E-state index in [2.05, 4.69) is 0 Å². The molecule has 0 saturated carbocycles. The zero-order valence-electron chi connectivity index (χ0n) is 8.37. The highest BCUT2D eigenvalue weighted by atomic mass is 16.5. The van der Waals surface area contributed by atoms with E-state index in [9.17, 15) is 5.11 Å². The van der Waals surface area contributed by atoms with Crippen LogP contribution in [0.4, 0.5) is 0 Å². The lowest BCUT2D eigenvalue weighted by molar-refractivity contribution is -0.0426. The summed E-state index contributed by atoms with van der Waals surface area (Å²) in [6.45, 7) is 3.89. The minimum Gasteiger partial charge on any atom is -0.393 e. The zero-order valence-corrected chi connectivity index (χ0v) is 8.37. The number of aliphatic hydroxyl groups excluding tert-OH is 1. The van der Waals surface area contributed by atoms with E-state index >= 15 is 0 Å². The summed E-state index contributed by atoms with van der Waals surface area (Å²) in [7, 11) is 1.61. The quantitative estimate of drug-likeness (QED) is 0.769. The van der Waals surface area contributed by atoms with Crippen LogP contribution in [-0.4, -0.2) is 18.8 Å². The topological polar surface area (TPSA) is 29.5 Å². The smallest absolute Gasteiger partial charge is 0.113 e. The van der Waals surface area contributed by atoms with Crippen molar-refractivity contribution in [1.82, 2.24) is 0 Å². The van der Waals surface area contributed by atoms with E-state index in [4.69, 9.17) is 4.74 Å². The SMILES string of the molecule is COC(C)(CO)c1ccccc1C. The number of aryl methyl sites for hydroxylation is 1. The summed E-state index contributed by atoms with van der Waals surface area (Å²) in [4.78, 5) is 0. The molecule has 2 nitrogen and oxygen atoms in total. The molecule has 1 aromatic rings. The van der Waals surface area contributed by atoms with Gasteiger partial charge in [0, 0.05) is 7.11 Å². The summed E-state index contributed by atoms with van der Waals surface area (Å²) in [5.41, 5.74) is 1.60. The highest BCUT2D eigenvalue weighted by Gasteiger charge is 2.26. The highest BCUT2D eigenvalue weighted by Crippen LogP contribution is 2.26. The molecular weight excluding hydrogens is 164 g/mol. The van der Waals surface area contributed by atoms with E-state index in [1.165, 1.54) is 0 Å². The third kappa shape index (κ3) is 1.90. The van der Waals surface area contributed by atoms with Gasteiger partial charge in [0.25, 0.3) is 0 Å². The van der Waals surface area contributed by atoms with Gasteiger partial charge in [-0.25, -0.2) is 0 Å². The Morgan fingerprint density at radius 2 is 2.00 bits per heavy atom. The van der Waals surface area contributed by atoms with Crippen LogP contribution in [0.2, 0.25) is 0 Å². The van der Waals surface area contributed by atoms with Crippen molar-refractivity contribution in [3.8, 4) is 0 Å². The van der Waals surface area contributed by atoms with Crippen LogP contribution in [0.25, 0.3) is 0 Å². The Morgan fingerprint density at radius 3 is 2.46 bits per heavy atom. The van der Waals surface area contributed by atoms with E-state index in [1.807, 2.05) is 38.1 Å². The average molecular weight is 180 g/mol. The molecule has 0 heterocycles. The van der Waals surface area contributed by atoms with Gasteiger partial charge in [-0.2, -0.15) is 0 Å². The van der Waals surface area contributed by atoms with Crippen molar-refractivity contribution in [2.24, 2.45) is 0 Å². The molecule has 0 saturated heterocycles. The first kappa shape index (κ1) is 10.2. The van der Waals surface area contributed by atoms with Crippen molar-refractivity contribution in [1.29, 1.82) is 0 Å². The lowest BCUT2D eigenvalue weighted by Gasteiger charge is -2.27. The summed E-state index contributed by atoms with van der Waals surface area (Å²) in [6.07, 6.45) is 0. The van der Waals surface area contributed by atoms with Gasteiger partial charge < -0.3 is 9.84 Å². The molecule has 13 heavy (non-hydrogen) atoms. The van der Waals surface area contributed by atoms with Crippen LogP contribution in [0, 0.1) is 6.92 Å². The first-order valence-electron chi connectivity index (χ1n) is 4.36. The molecule has 0 aliphatic carbocycles. The van der Waals surface area contributed by atoms with E-state index in [0.717, 1.165) is 11.1 Å². The van der Waals surface area contributed by atoms with Crippen LogP contribution in [0.3, 0.4) is 0 Å². The molecule has 0 amide bonds. The van der Waals surface area contributed by atoms with Crippen molar-refractivity contribution in [2.45, 2.75) is 19.4 Å². The molecule has 0 aliphatic heterocycles. The molecule has 2 heteroatoms. The Hall–Kier alpha value is -0.860. The van der Waals surface area contributed by atoms with Crippen molar-refractivity contribution in [3.05, 3.63) is 35.4 Å². The maximum atomic E-state index is 9.24. The third-order valence-corrected chi connectivity index (χ3v) is 2.47. The van der Waals surface area contributed by atoms with E-state index in [-0.39, 0.29) is 6.61 Å².